The van der Waals surface area contributed by atoms with Gasteiger partial charge in [0.15, 0.2) is 0 Å². The third-order valence-corrected chi connectivity index (χ3v) is 3.62. The van der Waals surface area contributed by atoms with Crippen molar-refractivity contribution in [2.45, 2.75) is 25.9 Å². The lowest BCUT2D eigenvalue weighted by Crippen LogP contribution is -2.36. The molecule has 2 N–H and O–H groups in total. The van der Waals surface area contributed by atoms with E-state index in [0.717, 1.165) is 31.7 Å². The number of rotatable bonds is 5. The number of nitrogens with zero attached hydrogens (tertiary/aromatic N) is 1. The summed E-state index contributed by atoms with van der Waals surface area (Å²) >= 11 is 0. The van der Waals surface area contributed by atoms with Crippen LogP contribution in [0.3, 0.4) is 0 Å². The van der Waals surface area contributed by atoms with E-state index in [2.05, 4.69) is 17.1 Å². The summed E-state index contributed by atoms with van der Waals surface area (Å²) in [4.78, 5) is 2.40. The summed E-state index contributed by atoms with van der Waals surface area (Å²) in [6.45, 7) is 6.09. The van der Waals surface area contributed by atoms with Gasteiger partial charge in [-0.1, -0.05) is 13.0 Å². The number of phenols is 1. The SMILES string of the molecule is CCN(Cc1ccc(OC)cc1O)C1CCNC1. The largest absolute Gasteiger partial charge is 0.507 e. The van der Waals surface area contributed by atoms with Gasteiger partial charge in [0.05, 0.1) is 7.11 Å². The van der Waals surface area contributed by atoms with E-state index in [1.165, 1.54) is 6.42 Å². The Labute approximate surface area is 109 Å². The van der Waals surface area contributed by atoms with Crippen LogP contribution in [-0.4, -0.2) is 42.8 Å². The lowest BCUT2D eigenvalue weighted by molar-refractivity contribution is 0.208. The van der Waals surface area contributed by atoms with Crippen LogP contribution >= 0.6 is 0 Å². The van der Waals surface area contributed by atoms with Crippen LogP contribution in [0, 0.1) is 0 Å². The van der Waals surface area contributed by atoms with E-state index < -0.39 is 0 Å². The van der Waals surface area contributed by atoms with Gasteiger partial charge in [0.2, 0.25) is 0 Å². The zero-order valence-corrected chi connectivity index (χ0v) is 11.1. The molecule has 1 atom stereocenters. The van der Waals surface area contributed by atoms with E-state index in [1.54, 1.807) is 13.2 Å². The third-order valence-electron chi connectivity index (χ3n) is 3.62. The molecule has 1 aliphatic rings. The highest BCUT2D eigenvalue weighted by molar-refractivity contribution is 5.39. The maximum atomic E-state index is 9.99. The van der Waals surface area contributed by atoms with Gasteiger partial charge in [0.1, 0.15) is 11.5 Å². The van der Waals surface area contributed by atoms with Crippen molar-refractivity contribution in [3.63, 3.8) is 0 Å². The van der Waals surface area contributed by atoms with Crippen LogP contribution in [0.5, 0.6) is 11.5 Å². The number of likely N-dealkylation sites (N-methyl/N-ethyl adjacent to an activating group) is 1. The molecule has 0 bridgehead atoms. The summed E-state index contributed by atoms with van der Waals surface area (Å²) in [7, 11) is 1.61. The number of hydrogen-bond donors (Lipinski definition) is 2. The predicted molar refractivity (Wildman–Crippen MR) is 72.0 cm³/mol. The Morgan fingerprint density at radius 1 is 1.50 bits per heavy atom. The Hall–Kier alpha value is -1.26. The highest BCUT2D eigenvalue weighted by Crippen LogP contribution is 2.25. The summed E-state index contributed by atoms with van der Waals surface area (Å²) in [5.74, 6) is 1.01. The molecule has 4 nitrogen and oxygen atoms in total. The first-order valence-electron chi connectivity index (χ1n) is 6.55. The number of methoxy groups -OCH3 is 1. The predicted octanol–water partition coefficient (Wildman–Crippen LogP) is 1.58. The van der Waals surface area contributed by atoms with Gasteiger partial charge in [-0.25, -0.2) is 0 Å². The van der Waals surface area contributed by atoms with Crippen LogP contribution in [0.25, 0.3) is 0 Å². The van der Waals surface area contributed by atoms with E-state index in [9.17, 15) is 5.11 Å². The molecule has 1 aromatic rings. The van der Waals surface area contributed by atoms with Crippen molar-refractivity contribution in [2.24, 2.45) is 0 Å². The molecule has 1 unspecified atom stereocenters. The van der Waals surface area contributed by atoms with Crippen molar-refractivity contribution in [2.75, 3.05) is 26.7 Å². The molecule has 0 spiro atoms. The summed E-state index contributed by atoms with van der Waals surface area (Å²) < 4.78 is 5.10. The number of ether oxygens (including phenoxy) is 1. The second-order valence-electron chi connectivity index (χ2n) is 4.70. The molecular formula is C14H22N2O2. The molecule has 0 amide bonds. The average molecular weight is 250 g/mol. The zero-order chi connectivity index (χ0) is 13.0. The van der Waals surface area contributed by atoms with Crippen LogP contribution in [0.15, 0.2) is 18.2 Å². The van der Waals surface area contributed by atoms with Gasteiger partial charge < -0.3 is 15.2 Å². The highest BCUT2D eigenvalue weighted by atomic mass is 16.5. The first kappa shape index (κ1) is 13.2. The molecule has 4 heteroatoms. The maximum absolute atomic E-state index is 9.99. The number of aromatic hydroxyl groups is 1. The Morgan fingerprint density at radius 3 is 2.89 bits per heavy atom. The molecule has 1 heterocycles. The third kappa shape index (κ3) is 2.94. The van der Waals surface area contributed by atoms with Crippen LogP contribution < -0.4 is 10.1 Å². The standard InChI is InChI=1S/C14H22N2O2/c1-3-16(12-6-7-15-9-12)10-11-4-5-13(18-2)8-14(11)17/h4-5,8,12,15,17H,3,6-7,9-10H2,1-2H3. The van der Waals surface area contributed by atoms with Gasteiger partial charge in [0.25, 0.3) is 0 Å². The minimum atomic E-state index is 0.318. The van der Waals surface area contributed by atoms with Crippen LogP contribution in [-0.2, 0) is 6.54 Å². The fourth-order valence-electron chi connectivity index (χ4n) is 2.47. The molecule has 0 aliphatic carbocycles. The molecule has 100 valence electrons. The molecule has 1 saturated heterocycles. The van der Waals surface area contributed by atoms with Crippen molar-refractivity contribution in [1.29, 1.82) is 0 Å². The molecule has 1 aliphatic heterocycles. The Morgan fingerprint density at radius 2 is 2.33 bits per heavy atom. The van der Waals surface area contributed by atoms with Gasteiger partial charge in [-0.3, -0.25) is 4.90 Å². The van der Waals surface area contributed by atoms with Gasteiger partial charge >= 0.3 is 0 Å². The summed E-state index contributed by atoms with van der Waals surface area (Å²) in [5.41, 5.74) is 0.963. The fraction of sp³-hybridized carbons (Fsp3) is 0.571. The number of hydrogen-bond acceptors (Lipinski definition) is 4. The molecule has 1 aromatic carbocycles. The smallest absolute Gasteiger partial charge is 0.123 e. The molecule has 2 rings (SSSR count). The normalized spacial score (nSPS) is 19.4. The van der Waals surface area contributed by atoms with E-state index in [4.69, 9.17) is 4.74 Å². The Balaban J connectivity index is 2.06. The van der Waals surface area contributed by atoms with Crippen molar-refractivity contribution >= 4 is 0 Å². The molecule has 0 saturated carbocycles. The first-order chi connectivity index (χ1) is 8.74. The monoisotopic (exact) mass is 250 g/mol. The number of benzene rings is 1. The Bertz CT molecular complexity index is 389. The van der Waals surface area contributed by atoms with E-state index in [0.29, 0.717) is 17.5 Å². The van der Waals surface area contributed by atoms with Crippen molar-refractivity contribution in [3.8, 4) is 11.5 Å². The second kappa shape index (κ2) is 6.07. The average Bonchev–Trinajstić information content (AvgIpc) is 2.91. The first-order valence-corrected chi connectivity index (χ1v) is 6.55. The van der Waals surface area contributed by atoms with Gasteiger partial charge in [-0.15, -0.1) is 0 Å². The van der Waals surface area contributed by atoms with E-state index in [-0.39, 0.29) is 0 Å². The number of phenolic OH excluding ortho intramolecular Hbond substituents is 1. The minimum absolute atomic E-state index is 0.318. The highest BCUT2D eigenvalue weighted by Gasteiger charge is 2.21. The fourth-order valence-corrected chi connectivity index (χ4v) is 2.47. The molecule has 1 fully saturated rings. The molecular weight excluding hydrogens is 228 g/mol. The molecule has 0 aromatic heterocycles. The van der Waals surface area contributed by atoms with E-state index in [1.807, 2.05) is 12.1 Å². The van der Waals surface area contributed by atoms with Crippen LogP contribution in [0.1, 0.15) is 18.9 Å². The van der Waals surface area contributed by atoms with Crippen molar-refractivity contribution in [3.05, 3.63) is 23.8 Å². The summed E-state index contributed by atoms with van der Waals surface area (Å²) in [6, 6.07) is 6.10. The minimum Gasteiger partial charge on any atom is -0.507 e. The topological polar surface area (TPSA) is 44.7 Å². The zero-order valence-electron chi connectivity index (χ0n) is 11.1. The van der Waals surface area contributed by atoms with Gasteiger partial charge in [-0.05, 0) is 25.6 Å². The molecule has 0 radical (unpaired) electrons. The quantitative estimate of drug-likeness (QED) is 0.833. The van der Waals surface area contributed by atoms with Crippen molar-refractivity contribution in [1.82, 2.24) is 10.2 Å². The van der Waals surface area contributed by atoms with Crippen LogP contribution in [0.4, 0.5) is 0 Å². The number of nitrogens with one attached hydrogen (secondary N) is 1. The summed E-state index contributed by atoms with van der Waals surface area (Å²) in [5, 5.41) is 13.4. The van der Waals surface area contributed by atoms with Crippen molar-refractivity contribution < 1.29 is 9.84 Å². The van der Waals surface area contributed by atoms with Crippen LogP contribution in [0.2, 0.25) is 0 Å². The summed E-state index contributed by atoms with van der Waals surface area (Å²) in [6.07, 6.45) is 1.19. The Kier molecular flexibility index (Phi) is 4.44. The van der Waals surface area contributed by atoms with Gasteiger partial charge in [0, 0.05) is 30.8 Å². The van der Waals surface area contributed by atoms with Gasteiger partial charge in [-0.2, -0.15) is 0 Å². The maximum Gasteiger partial charge on any atom is 0.123 e. The lowest BCUT2D eigenvalue weighted by atomic mass is 10.1. The lowest BCUT2D eigenvalue weighted by Gasteiger charge is -2.27. The molecule has 18 heavy (non-hydrogen) atoms. The second-order valence-corrected chi connectivity index (χ2v) is 4.70. The van der Waals surface area contributed by atoms with E-state index >= 15 is 0 Å².